The fourth-order valence-corrected chi connectivity index (χ4v) is 1.15. The van der Waals surface area contributed by atoms with Gasteiger partial charge in [0, 0.05) is 13.0 Å². The number of carbonyl (C=O) groups is 1. The van der Waals surface area contributed by atoms with Crippen molar-refractivity contribution in [2.75, 3.05) is 6.54 Å². The molecule has 0 saturated heterocycles. The quantitative estimate of drug-likeness (QED) is 0.489. The Morgan fingerprint density at radius 1 is 1.57 bits per heavy atom. The Morgan fingerprint density at radius 2 is 2.21 bits per heavy atom. The molecule has 3 heteroatoms. The van der Waals surface area contributed by atoms with Crippen LogP contribution in [0.4, 0.5) is 0 Å². The van der Waals surface area contributed by atoms with E-state index in [-0.39, 0.29) is 11.9 Å². The van der Waals surface area contributed by atoms with Crippen molar-refractivity contribution in [2.45, 2.75) is 39.2 Å². The molecule has 0 unspecified atom stereocenters. The van der Waals surface area contributed by atoms with E-state index in [1.54, 1.807) is 0 Å². The van der Waals surface area contributed by atoms with Crippen molar-refractivity contribution < 1.29 is 4.79 Å². The number of nitrogens with two attached hydrogens (primary N) is 1. The molecule has 0 aliphatic heterocycles. The van der Waals surface area contributed by atoms with Gasteiger partial charge in [-0.05, 0) is 18.8 Å². The average Bonchev–Trinajstić information content (AvgIpc) is 2.11. The van der Waals surface area contributed by atoms with Crippen LogP contribution in [0, 0.1) is 18.3 Å². The standard InChI is InChI=1S/C11H20N2O/c1-4-5-6-7-13-11(14)10(12)8-9(2)3/h1,9-10H,5-8,12H2,2-3H3,(H,13,14)/t10-/m0/s1. The molecule has 0 saturated carbocycles. The zero-order valence-corrected chi connectivity index (χ0v) is 9.05. The van der Waals surface area contributed by atoms with E-state index in [0.29, 0.717) is 18.9 Å². The molecule has 0 aliphatic rings. The Bertz CT molecular complexity index is 206. The molecule has 0 radical (unpaired) electrons. The molecule has 3 N–H and O–H groups in total. The zero-order valence-electron chi connectivity index (χ0n) is 9.05. The van der Waals surface area contributed by atoms with Crippen LogP contribution in [-0.2, 0) is 4.79 Å². The first-order valence-electron chi connectivity index (χ1n) is 5.04. The normalized spacial score (nSPS) is 12.2. The number of nitrogens with one attached hydrogen (secondary N) is 1. The Kier molecular flexibility index (Phi) is 6.87. The van der Waals surface area contributed by atoms with Gasteiger partial charge in [0.1, 0.15) is 0 Å². The summed E-state index contributed by atoms with van der Waals surface area (Å²) >= 11 is 0. The second-order valence-corrected chi connectivity index (χ2v) is 3.83. The third-order valence-electron chi connectivity index (χ3n) is 1.86. The molecule has 1 atom stereocenters. The zero-order chi connectivity index (χ0) is 11.0. The molecular weight excluding hydrogens is 176 g/mol. The summed E-state index contributed by atoms with van der Waals surface area (Å²) in [6.07, 6.45) is 7.32. The van der Waals surface area contributed by atoms with E-state index in [4.69, 9.17) is 12.2 Å². The van der Waals surface area contributed by atoms with Crippen molar-refractivity contribution in [1.82, 2.24) is 5.32 Å². The van der Waals surface area contributed by atoms with Gasteiger partial charge in [0.2, 0.25) is 5.91 Å². The molecule has 14 heavy (non-hydrogen) atoms. The first kappa shape index (κ1) is 13.0. The first-order chi connectivity index (χ1) is 6.57. The van der Waals surface area contributed by atoms with E-state index >= 15 is 0 Å². The summed E-state index contributed by atoms with van der Waals surface area (Å²) in [6.45, 7) is 4.71. The highest BCUT2D eigenvalue weighted by Gasteiger charge is 2.13. The summed E-state index contributed by atoms with van der Waals surface area (Å²) in [5.74, 6) is 2.89. The molecule has 0 aromatic heterocycles. The lowest BCUT2D eigenvalue weighted by atomic mass is 10.0. The molecular formula is C11H20N2O. The van der Waals surface area contributed by atoms with Gasteiger partial charge in [-0.25, -0.2) is 0 Å². The lowest BCUT2D eigenvalue weighted by Crippen LogP contribution is -2.41. The third kappa shape index (κ3) is 6.50. The smallest absolute Gasteiger partial charge is 0.236 e. The Labute approximate surface area is 86.4 Å². The van der Waals surface area contributed by atoms with Crippen LogP contribution in [0.25, 0.3) is 0 Å². The molecule has 0 aromatic rings. The second kappa shape index (κ2) is 7.40. The molecule has 0 aliphatic carbocycles. The van der Waals surface area contributed by atoms with E-state index in [1.165, 1.54) is 0 Å². The van der Waals surface area contributed by atoms with Gasteiger partial charge in [0.15, 0.2) is 0 Å². The van der Waals surface area contributed by atoms with Crippen molar-refractivity contribution in [3.05, 3.63) is 0 Å². The largest absolute Gasteiger partial charge is 0.355 e. The summed E-state index contributed by atoms with van der Waals surface area (Å²) in [6, 6.07) is -0.388. The molecule has 0 aromatic carbocycles. The number of terminal acetylenes is 1. The summed E-state index contributed by atoms with van der Waals surface area (Å²) in [5.41, 5.74) is 5.68. The summed E-state index contributed by atoms with van der Waals surface area (Å²) in [7, 11) is 0. The number of carbonyl (C=O) groups excluding carboxylic acids is 1. The van der Waals surface area contributed by atoms with Crippen LogP contribution < -0.4 is 11.1 Å². The highest BCUT2D eigenvalue weighted by molar-refractivity contribution is 5.81. The summed E-state index contributed by atoms with van der Waals surface area (Å²) in [5, 5.41) is 2.76. The van der Waals surface area contributed by atoms with Crippen molar-refractivity contribution in [2.24, 2.45) is 11.7 Å². The number of rotatable bonds is 6. The lowest BCUT2D eigenvalue weighted by molar-refractivity contribution is -0.122. The van der Waals surface area contributed by atoms with E-state index in [1.807, 2.05) is 13.8 Å². The van der Waals surface area contributed by atoms with Crippen LogP contribution in [0.15, 0.2) is 0 Å². The van der Waals surface area contributed by atoms with Gasteiger partial charge in [-0.1, -0.05) is 13.8 Å². The fraction of sp³-hybridized carbons (Fsp3) is 0.727. The Hall–Kier alpha value is -1.01. The van der Waals surface area contributed by atoms with Gasteiger partial charge in [0.05, 0.1) is 6.04 Å². The van der Waals surface area contributed by atoms with Crippen molar-refractivity contribution in [3.63, 3.8) is 0 Å². The summed E-state index contributed by atoms with van der Waals surface area (Å²) < 4.78 is 0. The number of amides is 1. The fourth-order valence-electron chi connectivity index (χ4n) is 1.15. The highest BCUT2D eigenvalue weighted by Crippen LogP contribution is 2.02. The average molecular weight is 196 g/mol. The Morgan fingerprint density at radius 3 is 2.71 bits per heavy atom. The van der Waals surface area contributed by atoms with Crippen molar-refractivity contribution in [3.8, 4) is 12.3 Å². The van der Waals surface area contributed by atoms with E-state index in [9.17, 15) is 4.79 Å². The predicted octanol–water partition coefficient (Wildman–Crippen LogP) is 0.889. The first-order valence-corrected chi connectivity index (χ1v) is 5.04. The number of unbranched alkanes of at least 4 members (excludes halogenated alkanes) is 1. The summed E-state index contributed by atoms with van der Waals surface area (Å²) in [4.78, 5) is 11.4. The van der Waals surface area contributed by atoms with Gasteiger partial charge in [-0.2, -0.15) is 0 Å². The minimum Gasteiger partial charge on any atom is -0.355 e. The maximum atomic E-state index is 11.4. The third-order valence-corrected chi connectivity index (χ3v) is 1.86. The molecule has 80 valence electrons. The lowest BCUT2D eigenvalue weighted by Gasteiger charge is -2.13. The van der Waals surface area contributed by atoms with Gasteiger partial charge in [-0.3, -0.25) is 4.79 Å². The van der Waals surface area contributed by atoms with Crippen LogP contribution in [0.2, 0.25) is 0 Å². The molecule has 0 rings (SSSR count). The van der Waals surface area contributed by atoms with Crippen LogP contribution in [0.1, 0.15) is 33.1 Å². The van der Waals surface area contributed by atoms with E-state index < -0.39 is 0 Å². The monoisotopic (exact) mass is 196 g/mol. The minimum atomic E-state index is -0.388. The molecule has 0 spiro atoms. The molecule has 3 nitrogen and oxygen atoms in total. The SMILES string of the molecule is C#CCCCNC(=O)[C@@H](N)CC(C)C. The van der Waals surface area contributed by atoms with Gasteiger partial charge in [-0.15, -0.1) is 12.3 Å². The van der Waals surface area contributed by atoms with Crippen LogP contribution in [-0.4, -0.2) is 18.5 Å². The molecule has 0 fully saturated rings. The van der Waals surface area contributed by atoms with Crippen LogP contribution in [0.5, 0.6) is 0 Å². The number of hydrogen-bond acceptors (Lipinski definition) is 2. The maximum absolute atomic E-state index is 11.4. The highest BCUT2D eigenvalue weighted by atomic mass is 16.2. The second-order valence-electron chi connectivity index (χ2n) is 3.83. The molecule has 0 bridgehead atoms. The number of hydrogen-bond donors (Lipinski definition) is 2. The molecule has 1 amide bonds. The minimum absolute atomic E-state index is 0.0734. The van der Waals surface area contributed by atoms with E-state index in [0.717, 1.165) is 12.8 Å². The van der Waals surface area contributed by atoms with Crippen LogP contribution in [0.3, 0.4) is 0 Å². The maximum Gasteiger partial charge on any atom is 0.236 e. The van der Waals surface area contributed by atoms with Crippen molar-refractivity contribution in [1.29, 1.82) is 0 Å². The van der Waals surface area contributed by atoms with Crippen LogP contribution >= 0.6 is 0 Å². The van der Waals surface area contributed by atoms with Crippen molar-refractivity contribution >= 4 is 5.91 Å². The van der Waals surface area contributed by atoms with Gasteiger partial charge < -0.3 is 11.1 Å². The Balaban J connectivity index is 3.58. The van der Waals surface area contributed by atoms with Gasteiger partial charge >= 0.3 is 0 Å². The van der Waals surface area contributed by atoms with Gasteiger partial charge in [0.25, 0.3) is 0 Å². The topological polar surface area (TPSA) is 55.1 Å². The van der Waals surface area contributed by atoms with E-state index in [2.05, 4.69) is 11.2 Å². The molecule has 0 heterocycles. The predicted molar refractivity (Wildman–Crippen MR) is 58.5 cm³/mol.